The number of nitrogens with zero attached hydrogens (tertiary/aromatic N) is 4. The van der Waals surface area contributed by atoms with Gasteiger partial charge in [0.15, 0.2) is 0 Å². The van der Waals surface area contributed by atoms with E-state index in [0.717, 1.165) is 0 Å². The molecule has 1 amide bonds. The van der Waals surface area contributed by atoms with Crippen molar-refractivity contribution in [2.24, 2.45) is 0 Å². The second-order valence-electron chi connectivity index (χ2n) is 6.21. The van der Waals surface area contributed by atoms with Crippen molar-refractivity contribution in [3.8, 4) is 11.1 Å². The normalized spacial score (nSPS) is 19.9. The van der Waals surface area contributed by atoms with E-state index in [1.165, 1.54) is 17.2 Å². The Bertz CT molecular complexity index is 1000. The molecule has 3 heterocycles. The lowest BCUT2D eigenvalue weighted by Gasteiger charge is -2.14. The minimum atomic E-state index is -0.718. The van der Waals surface area contributed by atoms with Gasteiger partial charge in [0, 0.05) is 47.6 Å². The van der Waals surface area contributed by atoms with Crippen molar-refractivity contribution in [2.75, 3.05) is 13.1 Å². The zero-order valence-electron chi connectivity index (χ0n) is 13.5. The van der Waals surface area contributed by atoms with Gasteiger partial charge in [-0.2, -0.15) is 0 Å². The molecule has 1 aliphatic heterocycles. The number of amides is 1. The van der Waals surface area contributed by atoms with Crippen LogP contribution in [-0.4, -0.2) is 50.6 Å². The number of likely N-dealkylation sites (tertiary alicyclic amines) is 1. The highest BCUT2D eigenvalue weighted by atomic mass is 35.5. The average Bonchev–Trinajstić information content (AvgIpc) is 3.02. The topological polar surface area (TPSA) is 79.2 Å². The van der Waals surface area contributed by atoms with Crippen molar-refractivity contribution in [3.63, 3.8) is 0 Å². The standard InChI is InChI=1S/C18H14ClFN4O2/c19-10-1-2-11(14(20)3-10)12-4-21-5-16-18(12)23-15(6-22-16)13-7-24(9-25)8-17(13)26/h1-6,9,13,17,26H,7-8H2. The Hall–Kier alpha value is -2.64. The highest BCUT2D eigenvalue weighted by Gasteiger charge is 2.33. The molecule has 4 rings (SSSR count). The van der Waals surface area contributed by atoms with E-state index in [0.29, 0.717) is 45.8 Å². The first kappa shape index (κ1) is 16.8. The van der Waals surface area contributed by atoms with E-state index >= 15 is 0 Å². The van der Waals surface area contributed by atoms with Gasteiger partial charge in [-0.1, -0.05) is 11.6 Å². The lowest BCUT2D eigenvalue weighted by molar-refractivity contribution is -0.117. The molecular weight excluding hydrogens is 359 g/mol. The summed E-state index contributed by atoms with van der Waals surface area (Å²) in [5, 5.41) is 10.5. The van der Waals surface area contributed by atoms with E-state index in [1.54, 1.807) is 24.5 Å². The Kier molecular flexibility index (Phi) is 4.26. The summed E-state index contributed by atoms with van der Waals surface area (Å²) in [6.07, 6.45) is 4.62. The minimum absolute atomic E-state index is 0.253. The fourth-order valence-corrected chi connectivity index (χ4v) is 3.38. The van der Waals surface area contributed by atoms with E-state index in [2.05, 4.69) is 15.0 Å². The first-order valence-electron chi connectivity index (χ1n) is 8.00. The summed E-state index contributed by atoms with van der Waals surface area (Å²) in [6.45, 7) is 0.615. The Morgan fingerprint density at radius 2 is 2.08 bits per heavy atom. The summed E-state index contributed by atoms with van der Waals surface area (Å²) in [7, 11) is 0. The predicted octanol–water partition coefficient (Wildman–Crippen LogP) is 2.40. The number of pyridine rings is 1. The summed E-state index contributed by atoms with van der Waals surface area (Å²) in [5.74, 6) is -0.819. The molecule has 0 saturated carbocycles. The van der Waals surface area contributed by atoms with Gasteiger partial charge in [0.2, 0.25) is 6.41 Å². The monoisotopic (exact) mass is 372 g/mol. The van der Waals surface area contributed by atoms with Crippen LogP contribution in [0.4, 0.5) is 4.39 Å². The number of rotatable bonds is 3. The van der Waals surface area contributed by atoms with Crippen molar-refractivity contribution in [1.29, 1.82) is 0 Å². The fourth-order valence-electron chi connectivity index (χ4n) is 3.23. The first-order valence-corrected chi connectivity index (χ1v) is 8.38. The molecule has 1 aromatic carbocycles. The largest absolute Gasteiger partial charge is 0.391 e. The van der Waals surface area contributed by atoms with Crippen molar-refractivity contribution >= 4 is 29.0 Å². The number of carbonyl (C=O) groups is 1. The second kappa shape index (κ2) is 6.59. The number of aromatic nitrogens is 3. The van der Waals surface area contributed by atoms with Gasteiger partial charge < -0.3 is 10.0 Å². The van der Waals surface area contributed by atoms with Gasteiger partial charge in [-0.15, -0.1) is 0 Å². The Morgan fingerprint density at radius 3 is 2.81 bits per heavy atom. The molecule has 0 aliphatic carbocycles. The SMILES string of the molecule is O=CN1CC(O)C(c2cnc3cncc(-c4ccc(Cl)cc4F)c3n2)C1. The summed E-state index contributed by atoms with van der Waals surface area (Å²) in [6, 6.07) is 4.40. The Labute approximate surface area is 153 Å². The summed E-state index contributed by atoms with van der Waals surface area (Å²) in [5.41, 5.74) is 2.36. The number of β-amino-alcohol motifs (C(OH)–C–C–N with tert-alkyl or cyclic N) is 1. The Balaban J connectivity index is 1.84. The predicted molar refractivity (Wildman–Crippen MR) is 94.1 cm³/mol. The molecule has 2 aromatic heterocycles. The summed E-state index contributed by atoms with van der Waals surface area (Å²) in [4.78, 5) is 25.5. The van der Waals surface area contributed by atoms with E-state index in [-0.39, 0.29) is 12.5 Å². The number of hydrogen-bond acceptors (Lipinski definition) is 5. The van der Waals surface area contributed by atoms with Gasteiger partial charge in [-0.25, -0.2) is 9.37 Å². The van der Waals surface area contributed by atoms with Crippen LogP contribution < -0.4 is 0 Å². The number of halogens is 2. The van der Waals surface area contributed by atoms with Crippen LogP contribution in [0.1, 0.15) is 11.6 Å². The van der Waals surface area contributed by atoms with Crippen molar-refractivity contribution in [1.82, 2.24) is 19.9 Å². The maximum atomic E-state index is 14.4. The third-order valence-electron chi connectivity index (χ3n) is 4.54. The molecule has 1 fully saturated rings. The molecule has 3 aromatic rings. The van der Waals surface area contributed by atoms with Gasteiger partial charge >= 0.3 is 0 Å². The van der Waals surface area contributed by atoms with Crippen LogP contribution in [-0.2, 0) is 4.79 Å². The molecule has 132 valence electrons. The first-order chi connectivity index (χ1) is 12.6. The van der Waals surface area contributed by atoms with Crippen LogP contribution in [0.2, 0.25) is 5.02 Å². The van der Waals surface area contributed by atoms with Crippen LogP contribution in [0, 0.1) is 5.82 Å². The molecule has 8 heteroatoms. The van der Waals surface area contributed by atoms with Gasteiger partial charge in [0.05, 0.1) is 18.0 Å². The van der Waals surface area contributed by atoms with Crippen molar-refractivity contribution in [2.45, 2.75) is 12.0 Å². The molecular formula is C18H14ClFN4O2. The van der Waals surface area contributed by atoms with E-state index in [9.17, 15) is 14.3 Å². The third kappa shape index (κ3) is 2.89. The van der Waals surface area contributed by atoms with Crippen molar-refractivity contribution in [3.05, 3.63) is 53.3 Å². The van der Waals surface area contributed by atoms with Crippen LogP contribution in [0.3, 0.4) is 0 Å². The van der Waals surface area contributed by atoms with Crippen LogP contribution in [0.15, 0.2) is 36.8 Å². The molecule has 2 atom stereocenters. The van der Waals surface area contributed by atoms with E-state index < -0.39 is 11.9 Å². The molecule has 1 saturated heterocycles. The molecule has 1 N–H and O–H groups in total. The molecule has 26 heavy (non-hydrogen) atoms. The lowest BCUT2D eigenvalue weighted by atomic mass is 10.0. The lowest BCUT2D eigenvalue weighted by Crippen LogP contribution is -2.19. The number of fused-ring (bicyclic) bond motifs is 1. The van der Waals surface area contributed by atoms with Crippen molar-refractivity contribution < 1.29 is 14.3 Å². The van der Waals surface area contributed by atoms with Gasteiger partial charge in [0.1, 0.15) is 16.9 Å². The molecule has 1 aliphatic rings. The Morgan fingerprint density at radius 1 is 1.23 bits per heavy atom. The van der Waals surface area contributed by atoms with Crippen LogP contribution in [0.5, 0.6) is 0 Å². The number of carbonyl (C=O) groups excluding carboxylic acids is 1. The van der Waals surface area contributed by atoms with Crippen LogP contribution in [0.25, 0.3) is 22.2 Å². The zero-order valence-corrected chi connectivity index (χ0v) is 14.3. The van der Waals surface area contributed by atoms with Gasteiger partial charge in [-0.05, 0) is 18.2 Å². The smallest absolute Gasteiger partial charge is 0.209 e. The highest BCUT2D eigenvalue weighted by Crippen LogP contribution is 2.31. The third-order valence-corrected chi connectivity index (χ3v) is 4.78. The van der Waals surface area contributed by atoms with Gasteiger partial charge in [0.25, 0.3) is 0 Å². The van der Waals surface area contributed by atoms with E-state index in [1.807, 2.05) is 0 Å². The van der Waals surface area contributed by atoms with Gasteiger partial charge in [-0.3, -0.25) is 14.8 Å². The molecule has 6 nitrogen and oxygen atoms in total. The average molecular weight is 373 g/mol. The molecule has 0 bridgehead atoms. The quantitative estimate of drug-likeness (QED) is 0.714. The number of aliphatic hydroxyl groups is 1. The highest BCUT2D eigenvalue weighted by molar-refractivity contribution is 6.30. The molecule has 0 spiro atoms. The minimum Gasteiger partial charge on any atom is -0.391 e. The molecule has 2 unspecified atom stereocenters. The second-order valence-corrected chi connectivity index (χ2v) is 6.64. The van der Waals surface area contributed by atoms with E-state index in [4.69, 9.17) is 11.6 Å². The maximum Gasteiger partial charge on any atom is 0.209 e. The number of aliphatic hydroxyl groups excluding tert-OH is 1. The summed E-state index contributed by atoms with van der Waals surface area (Å²) >= 11 is 5.83. The number of hydrogen-bond donors (Lipinski definition) is 1. The number of benzene rings is 1. The van der Waals surface area contributed by atoms with Crippen LogP contribution >= 0.6 is 11.6 Å². The molecule has 0 radical (unpaired) electrons. The fraction of sp³-hybridized carbons (Fsp3) is 0.222. The zero-order chi connectivity index (χ0) is 18.3. The summed E-state index contributed by atoms with van der Waals surface area (Å²) < 4.78 is 14.4. The maximum absolute atomic E-state index is 14.4.